The van der Waals surface area contributed by atoms with Crippen LogP contribution in [0.4, 0.5) is 5.88 Å². The lowest BCUT2D eigenvalue weighted by Crippen LogP contribution is -1.98. The lowest BCUT2D eigenvalue weighted by molar-refractivity contribution is 0.407. The molecule has 0 bridgehead atoms. The van der Waals surface area contributed by atoms with Gasteiger partial charge in [-0.05, 0) is 18.1 Å². The van der Waals surface area contributed by atoms with Crippen molar-refractivity contribution >= 4 is 21.8 Å². The first-order chi connectivity index (χ1) is 8.52. The lowest BCUT2D eigenvalue weighted by atomic mass is 9.94. The molecule has 96 valence electrons. The lowest BCUT2D eigenvalue weighted by Gasteiger charge is -2.16. The average Bonchev–Trinajstić information content (AvgIpc) is 2.74. The fraction of sp³-hybridized carbons (Fsp3) is 0.308. The topological polar surface area (TPSA) is 61.3 Å². The molecule has 0 saturated carbocycles. The number of hydrogen-bond acceptors (Lipinski definition) is 4. The molecule has 4 nitrogen and oxygen atoms in total. The zero-order valence-corrected chi connectivity index (χ0v) is 12.1. The number of methoxy groups -OCH3 is 1. The van der Waals surface area contributed by atoms with E-state index in [1.54, 1.807) is 13.2 Å². The normalized spacial score (nSPS) is 10.9. The van der Waals surface area contributed by atoms with Crippen molar-refractivity contribution in [3.8, 4) is 17.0 Å². The fourth-order valence-corrected chi connectivity index (χ4v) is 2.42. The molecular weight excluding hydrogens is 296 g/mol. The predicted molar refractivity (Wildman–Crippen MR) is 74.7 cm³/mol. The Morgan fingerprint density at radius 3 is 2.56 bits per heavy atom. The molecule has 2 aromatic rings. The van der Waals surface area contributed by atoms with Crippen LogP contribution in [0.25, 0.3) is 11.3 Å². The van der Waals surface area contributed by atoms with Crippen LogP contribution in [0.2, 0.25) is 0 Å². The minimum atomic E-state index is 0.304. The first-order valence-electron chi connectivity index (χ1n) is 5.63. The van der Waals surface area contributed by atoms with Gasteiger partial charge in [-0.15, -0.1) is 0 Å². The third kappa shape index (κ3) is 2.36. The molecule has 2 N–H and O–H groups in total. The van der Waals surface area contributed by atoms with Crippen molar-refractivity contribution in [3.63, 3.8) is 0 Å². The van der Waals surface area contributed by atoms with Gasteiger partial charge in [0.1, 0.15) is 11.4 Å². The largest absolute Gasteiger partial charge is 0.496 e. The number of ether oxygens (including phenoxy) is 1. The molecule has 0 aliphatic rings. The van der Waals surface area contributed by atoms with E-state index in [2.05, 4.69) is 34.9 Å². The summed E-state index contributed by atoms with van der Waals surface area (Å²) in [4.78, 5) is 0. The van der Waals surface area contributed by atoms with Crippen molar-refractivity contribution in [1.29, 1.82) is 0 Å². The zero-order chi connectivity index (χ0) is 13.3. The monoisotopic (exact) mass is 310 g/mol. The van der Waals surface area contributed by atoms with Gasteiger partial charge >= 0.3 is 0 Å². The SMILES string of the molecule is COc1cc(Br)cc(-c2cc(N)on2)c1C(C)C. The molecule has 5 heteroatoms. The van der Waals surface area contributed by atoms with E-state index in [9.17, 15) is 0 Å². The van der Waals surface area contributed by atoms with Gasteiger partial charge in [-0.25, -0.2) is 0 Å². The van der Waals surface area contributed by atoms with Crippen LogP contribution in [0.15, 0.2) is 27.2 Å². The Hall–Kier alpha value is -1.49. The van der Waals surface area contributed by atoms with E-state index < -0.39 is 0 Å². The maximum atomic E-state index is 5.58. The van der Waals surface area contributed by atoms with Crippen molar-refractivity contribution in [2.24, 2.45) is 0 Å². The molecule has 0 radical (unpaired) electrons. The van der Waals surface area contributed by atoms with Crippen LogP contribution in [0, 0.1) is 0 Å². The summed E-state index contributed by atoms with van der Waals surface area (Å²) >= 11 is 3.47. The van der Waals surface area contributed by atoms with Crippen LogP contribution < -0.4 is 10.5 Å². The summed E-state index contributed by atoms with van der Waals surface area (Å²) in [5.41, 5.74) is 8.36. The van der Waals surface area contributed by atoms with E-state index in [4.69, 9.17) is 15.0 Å². The summed E-state index contributed by atoms with van der Waals surface area (Å²) in [5, 5.41) is 3.97. The van der Waals surface area contributed by atoms with E-state index in [1.165, 1.54) is 0 Å². The van der Waals surface area contributed by atoms with Crippen molar-refractivity contribution < 1.29 is 9.26 Å². The number of rotatable bonds is 3. The summed E-state index contributed by atoms with van der Waals surface area (Å²) in [5.74, 6) is 1.44. The molecule has 1 aromatic carbocycles. The summed E-state index contributed by atoms with van der Waals surface area (Å²) in [6, 6.07) is 5.66. The summed E-state index contributed by atoms with van der Waals surface area (Å²) in [7, 11) is 1.66. The number of benzene rings is 1. The molecule has 0 saturated heterocycles. The molecule has 18 heavy (non-hydrogen) atoms. The molecule has 0 unspecified atom stereocenters. The Bertz CT molecular complexity index is 564. The predicted octanol–water partition coefficient (Wildman–Crippen LogP) is 3.82. The van der Waals surface area contributed by atoms with Gasteiger partial charge in [0.15, 0.2) is 0 Å². The summed E-state index contributed by atoms with van der Waals surface area (Å²) in [6.07, 6.45) is 0. The maximum Gasteiger partial charge on any atom is 0.222 e. The Balaban J connectivity index is 2.68. The number of anilines is 1. The molecular formula is C13H15BrN2O2. The quantitative estimate of drug-likeness (QED) is 0.936. The van der Waals surface area contributed by atoms with Gasteiger partial charge in [0.05, 0.1) is 7.11 Å². The number of nitrogens with two attached hydrogens (primary N) is 1. The van der Waals surface area contributed by atoms with Crippen molar-refractivity contribution in [3.05, 3.63) is 28.2 Å². The van der Waals surface area contributed by atoms with Crippen molar-refractivity contribution in [2.75, 3.05) is 12.8 Å². The molecule has 0 aliphatic heterocycles. The molecule has 1 aromatic heterocycles. The Kier molecular flexibility index (Phi) is 3.61. The van der Waals surface area contributed by atoms with Gasteiger partial charge in [0.25, 0.3) is 0 Å². The third-order valence-electron chi connectivity index (χ3n) is 2.71. The number of halogens is 1. The van der Waals surface area contributed by atoms with Gasteiger partial charge in [0.2, 0.25) is 5.88 Å². The summed E-state index contributed by atoms with van der Waals surface area (Å²) < 4.78 is 11.3. The molecule has 2 rings (SSSR count). The van der Waals surface area contributed by atoms with Crippen LogP contribution >= 0.6 is 15.9 Å². The Labute approximate surface area is 114 Å². The van der Waals surface area contributed by atoms with E-state index in [0.717, 1.165) is 27.0 Å². The molecule has 1 heterocycles. The Morgan fingerprint density at radius 2 is 2.06 bits per heavy atom. The van der Waals surface area contributed by atoms with Crippen LogP contribution in [-0.2, 0) is 0 Å². The van der Waals surface area contributed by atoms with Crippen LogP contribution in [0.3, 0.4) is 0 Å². The Morgan fingerprint density at radius 1 is 1.33 bits per heavy atom. The first kappa shape index (κ1) is 13.0. The van der Waals surface area contributed by atoms with Gasteiger partial charge in [0, 0.05) is 21.7 Å². The van der Waals surface area contributed by atoms with E-state index in [0.29, 0.717) is 11.8 Å². The molecule has 0 aliphatic carbocycles. The van der Waals surface area contributed by atoms with Crippen LogP contribution in [0.1, 0.15) is 25.3 Å². The highest BCUT2D eigenvalue weighted by atomic mass is 79.9. The van der Waals surface area contributed by atoms with Crippen LogP contribution in [0.5, 0.6) is 5.75 Å². The van der Waals surface area contributed by atoms with E-state index in [-0.39, 0.29) is 0 Å². The second-order valence-corrected chi connectivity index (χ2v) is 5.25. The van der Waals surface area contributed by atoms with Crippen LogP contribution in [-0.4, -0.2) is 12.3 Å². The molecule has 0 spiro atoms. The van der Waals surface area contributed by atoms with Crippen molar-refractivity contribution in [2.45, 2.75) is 19.8 Å². The van der Waals surface area contributed by atoms with E-state index in [1.807, 2.05) is 12.1 Å². The summed E-state index contributed by atoms with van der Waals surface area (Å²) in [6.45, 7) is 4.22. The number of hydrogen-bond donors (Lipinski definition) is 1. The average molecular weight is 311 g/mol. The highest BCUT2D eigenvalue weighted by Gasteiger charge is 2.18. The smallest absolute Gasteiger partial charge is 0.222 e. The highest BCUT2D eigenvalue weighted by Crippen LogP contribution is 2.38. The fourth-order valence-electron chi connectivity index (χ4n) is 1.99. The number of nitrogen functional groups attached to an aromatic ring is 1. The van der Waals surface area contributed by atoms with Crippen molar-refractivity contribution in [1.82, 2.24) is 5.16 Å². The minimum Gasteiger partial charge on any atom is -0.496 e. The van der Waals surface area contributed by atoms with Gasteiger partial charge < -0.3 is 15.0 Å². The second kappa shape index (κ2) is 5.02. The van der Waals surface area contributed by atoms with Gasteiger partial charge in [-0.3, -0.25) is 0 Å². The number of aromatic nitrogens is 1. The molecule has 0 atom stereocenters. The molecule has 0 fully saturated rings. The van der Waals surface area contributed by atoms with Gasteiger partial charge in [-0.1, -0.05) is 34.9 Å². The standard InChI is InChI=1S/C13H15BrN2O2/c1-7(2)13-9(10-6-12(15)18-16-10)4-8(14)5-11(13)17-3/h4-7H,15H2,1-3H3. The van der Waals surface area contributed by atoms with E-state index >= 15 is 0 Å². The number of nitrogens with zero attached hydrogens (tertiary/aromatic N) is 1. The maximum absolute atomic E-state index is 5.58. The minimum absolute atomic E-state index is 0.304. The zero-order valence-electron chi connectivity index (χ0n) is 10.5. The third-order valence-corrected chi connectivity index (χ3v) is 3.17. The second-order valence-electron chi connectivity index (χ2n) is 4.34. The highest BCUT2D eigenvalue weighted by molar-refractivity contribution is 9.10. The molecule has 0 amide bonds. The van der Waals surface area contributed by atoms with Gasteiger partial charge in [-0.2, -0.15) is 0 Å². The first-order valence-corrected chi connectivity index (χ1v) is 6.42.